The van der Waals surface area contributed by atoms with Crippen LogP contribution in [0.3, 0.4) is 0 Å². The van der Waals surface area contributed by atoms with Crippen LogP contribution >= 0.6 is 0 Å². The molecule has 0 spiro atoms. The molecule has 1 aliphatic carbocycles. The number of aromatic carboxylic acids is 1. The zero-order valence-electron chi connectivity index (χ0n) is 24.2. The first-order chi connectivity index (χ1) is 18.2. The summed E-state index contributed by atoms with van der Waals surface area (Å²) >= 11 is 0. The minimum atomic E-state index is -1.01. The number of carboxylic acids is 1. The number of aliphatic hydroxyl groups excluding tert-OH is 1. The summed E-state index contributed by atoms with van der Waals surface area (Å²) in [6.07, 6.45) is 1.09. The second-order valence-electron chi connectivity index (χ2n) is 13.0. The van der Waals surface area contributed by atoms with Gasteiger partial charge < -0.3 is 14.9 Å². The fourth-order valence-corrected chi connectivity index (χ4v) is 5.22. The first-order valence-electron chi connectivity index (χ1n) is 13.6. The van der Waals surface area contributed by atoms with Gasteiger partial charge in [-0.2, -0.15) is 0 Å². The van der Waals surface area contributed by atoms with Crippen LogP contribution in [0.2, 0.25) is 0 Å². The zero-order valence-corrected chi connectivity index (χ0v) is 24.2. The first-order valence-corrected chi connectivity index (χ1v) is 13.6. The lowest BCUT2D eigenvalue weighted by Crippen LogP contribution is -2.34. The van der Waals surface area contributed by atoms with E-state index in [9.17, 15) is 9.90 Å². The first kappa shape index (κ1) is 28.5. The van der Waals surface area contributed by atoms with Gasteiger partial charge in [-0.25, -0.2) is 4.79 Å². The van der Waals surface area contributed by atoms with Gasteiger partial charge in [0.15, 0.2) is 0 Å². The van der Waals surface area contributed by atoms with E-state index in [1.165, 1.54) is 28.8 Å². The van der Waals surface area contributed by atoms with Crippen LogP contribution in [-0.4, -0.2) is 16.2 Å². The number of benzene rings is 3. The SMILES string of the molecule is CC(C)(C)c1ccc(COc2cc(C(O)C#Cc3ccc(C(=O)O)cc3)cc3c2C(C)(C)CCC3(C)C)cc1. The van der Waals surface area contributed by atoms with Crippen molar-refractivity contribution in [2.45, 2.75) is 90.3 Å². The van der Waals surface area contributed by atoms with Crippen LogP contribution in [0.15, 0.2) is 60.7 Å². The van der Waals surface area contributed by atoms with Crippen molar-refractivity contribution in [2.24, 2.45) is 0 Å². The maximum Gasteiger partial charge on any atom is 0.335 e. The quantitative estimate of drug-likeness (QED) is 0.336. The topological polar surface area (TPSA) is 66.8 Å². The van der Waals surface area contributed by atoms with Crippen LogP contribution in [0.1, 0.15) is 111 Å². The Balaban J connectivity index is 1.68. The highest BCUT2D eigenvalue weighted by Gasteiger charge is 2.40. The third-order valence-corrected chi connectivity index (χ3v) is 7.92. The molecule has 39 heavy (non-hydrogen) atoms. The maximum atomic E-state index is 11.1. The molecule has 204 valence electrons. The van der Waals surface area contributed by atoms with Gasteiger partial charge in [0.25, 0.3) is 0 Å². The normalized spacial score (nSPS) is 16.4. The van der Waals surface area contributed by atoms with E-state index in [0.717, 1.165) is 24.2 Å². The molecule has 4 nitrogen and oxygen atoms in total. The Bertz CT molecular complexity index is 1410. The van der Waals surface area contributed by atoms with Crippen LogP contribution in [0.25, 0.3) is 0 Å². The standard InChI is InChI=1S/C35H40O4/c1-33(2,3)27-15-10-24(11-16-27)22-39-30-21-26(20-28-31(30)35(6,7)19-18-34(28,4)5)29(36)17-12-23-8-13-25(14-9-23)32(37)38/h8-11,13-16,20-21,29,36H,18-19,22H2,1-7H3,(H,37,38). The van der Waals surface area contributed by atoms with E-state index in [2.05, 4.69) is 90.6 Å². The summed E-state index contributed by atoms with van der Waals surface area (Å²) in [5.41, 5.74) is 6.31. The van der Waals surface area contributed by atoms with Crippen molar-refractivity contribution in [1.29, 1.82) is 0 Å². The highest BCUT2D eigenvalue weighted by molar-refractivity contribution is 5.87. The number of fused-ring (bicyclic) bond motifs is 1. The Morgan fingerprint density at radius 2 is 1.56 bits per heavy atom. The number of ether oxygens (including phenoxy) is 1. The van der Waals surface area contributed by atoms with Crippen molar-refractivity contribution in [2.75, 3.05) is 0 Å². The molecule has 2 N–H and O–H groups in total. The molecule has 3 aromatic rings. The van der Waals surface area contributed by atoms with Gasteiger partial charge in [-0.05, 0) is 81.7 Å². The zero-order chi connectivity index (χ0) is 28.6. The van der Waals surface area contributed by atoms with Gasteiger partial charge in [0.2, 0.25) is 0 Å². The molecule has 0 bridgehead atoms. The second-order valence-corrected chi connectivity index (χ2v) is 13.0. The third kappa shape index (κ3) is 6.37. The third-order valence-electron chi connectivity index (χ3n) is 7.92. The largest absolute Gasteiger partial charge is 0.489 e. The average Bonchev–Trinajstić information content (AvgIpc) is 2.88. The van der Waals surface area contributed by atoms with Crippen molar-refractivity contribution < 1.29 is 19.7 Å². The molecule has 0 aliphatic heterocycles. The maximum absolute atomic E-state index is 11.1. The predicted octanol–water partition coefficient (Wildman–Crippen LogP) is 7.70. The Labute approximate surface area is 233 Å². The highest BCUT2D eigenvalue weighted by Crippen LogP contribution is 2.50. The fraction of sp³-hybridized carbons (Fsp3) is 0.400. The minimum Gasteiger partial charge on any atom is -0.489 e. The number of carbonyl (C=O) groups is 1. The molecule has 0 amide bonds. The Kier molecular flexibility index (Phi) is 7.70. The van der Waals surface area contributed by atoms with Gasteiger partial charge in [0, 0.05) is 11.1 Å². The fourth-order valence-electron chi connectivity index (χ4n) is 5.22. The van der Waals surface area contributed by atoms with Crippen LogP contribution < -0.4 is 4.74 Å². The monoisotopic (exact) mass is 524 g/mol. The molecule has 0 saturated heterocycles. The van der Waals surface area contributed by atoms with E-state index in [0.29, 0.717) is 17.7 Å². The molecule has 4 heteroatoms. The summed E-state index contributed by atoms with van der Waals surface area (Å²) in [6.45, 7) is 16.1. The Hall–Kier alpha value is -3.55. The molecule has 0 saturated carbocycles. The molecule has 0 heterocycles. The van der Waals surface area contributed by atoms with Crippen molar-refractivity contribution in [3.8, 4) is 17.6 Å². The number of hydrogen-bond acceptors (Lipinski definition) is 3. The summed E-state index contributed by atoms with van der Waals surface area (Å²) in [5.74, 6) is 5.75. The lowest BCUT2D eigenvalue weighted by atomic mass is 9.62. The predicted molar refractivity (Wildman–Crippen MR) is 156 cm³/mol. The van der Waals surface area contributed by atoms with E-state index < -0.39 is 12.1 Å². The van der Waals surface area contributed by atoms with Gasteiger partial charge >= 0.3 is 5.97 Å². The molecular weight excluding hydrogens is 484 g/mol. The molecule has 3 aromatic carbocycles. The Morgan fingerprint density at radius 3 is 2.15 bits per heavy atom. The van der Waals surface area contributed by atoms with Crippen LogP contribution in [0.4, 0.5) is 0 Å². The summed E-state index contributed by atoms with van der Waals surface area (Å²) < 4.78 is 6.52. The van der Waals surface area contributed by atoms with Gasteiger partial charge in [0.1, 0.15) is 18.5 Å². The van der Waals surface area contributed by atoms with Gasteiger partial charge in [-0.15, -0.1) is 0 Å². The molecule has 1 atom stereocenters. The van der Waals surface area contributed by atoms with E-state index in [1.807, 2.05) is 6.07 Å². The van der Waals surface area contributed by atoms with Crippen molar-refractivity contribution in [1.82, 2.24) is 0 Å². The smallest absolute Gasteiger partial charge is 0.335 e. The second kappa shape index (κ2) is 10.5. The lowest BCUT2D eigenvalue weighted by molar-refractivity contribution is 0.0697. The highest BCUT2D eigenvalue weighted by atomic mass is 16.5. The summed E-state index contributed by atoms with van der Waals surface area (Å²) in [4.78, 5) is 11.1. The Morgan fingerprint density at radius 1 is 0.949 bits per heavy atom. The molecule has 0 radical (unpaired) electrons. The lowest BCUT2D eigenvalue weighted by Gasteiger charge is -2.43. The van der Waals surface area contributed by atoms with Crippen LogP contribution in [0.5, 0.6) is 5.75 Å². The van der Waals surface area contributed by atoms with E-state index >= 15 is 0 Å². The molecule has 0 fully saturated rings. The van der Waals surface area contributed by atoms with Gasteiger partial charge in [-0.1, -0.05) is 90.6 Å². The molecule has 1 unspecified atom stereocenters. The van der Waals surface area contributed by atoms with Crippen LogP contribution in [-0.2, 0) is 22.9 Å². The summed E-state index contributed by atoms with van der Waals surface area (Å²) in [6, 6.07) is 19.0. The molecular formula is C35H40O4. The summed E-state index contributed by atoms with van der Waals surface area (Å²) in [5, 5.41) is 20.2. The van der Waals surface area contributed by atoms with Crippen molar-refractivity contribution in [3.63, 3.8) is 0 Å². The minimum absolute atomic E-state index is 0.0582. The molecule has 0 aromatic heterocycles. The van der Waals surface area contributed by atoms with E-state index in [1.54, 1.807) is 12.1 Å². The van der Waals surface area contributed by atoms with Gasteiger partial charge in [0.05, 0.1) is 5.56 Å². The van der Waals surface area contributed by atoms with Crippen molar-refractivity contribution >= 4 is 5.97 Å². The van der Waals surface area contributed by atoms with E-state index in [-0.39, 0.29) is 21.8 Å². The molecule has 4 rings (SSSR count). The average molecular weight is 525 g/mol. The number of rotatable bonds is 5. The number of hydrogen-bond donors (Lipinski definition) is 2. The number of carboxylic acid groups (broad SMARTS) is 1. The number of aliphatic hydroxyl groups is 1. The van der Waals surface area contributed by atoms with Gasteiger partial charge in [-0.3, -0.25) is 0 Å². The van der Waals surface area contributed by atoms with E-state index in [4.69, 9.17) is 9.84 Å². The van der Waals surface area contributed by atoms with Crippen LogP contribution in [0, 0.1) is 11.8 Å². The summed E-state index contributed by atoms with van der Waals surface area (Å²) in [7, 11) is 0. The molecule has 1 aliphatic rings. The van der Waals surface area contributed by atoms with Crippen molar-refractivity contribution in [3.05, 3.63) is 99.6 Å².